The van der Waals surface area contributed by atoms with Gasteiger partial charge < -0.3 is 9.64 Å². The Kier molecular flexibility index (Phi) is 2.63. The Bertz CT molecular complexity index is 730. The summed E-state index contributed by atoms with van der Waals surface area (Å²) in [5.74, 6) is -0.204. The molecule has 106 valence electrons. The van der Waals surface area contributed by atoms with E-state index in [1.165, 1.54) is 5.56 Å². The van der Waals surface area contributed by atoms with Gasteiger partial charge in [-0.05, 0) is 23.6 Å². The van der Waals surface area contributed by atoms with Gasteiger partial charge in [-0.25, -0.2) is 19.2 Å². The Morgan fingerprint density at radius 2 is 1.95 bits per heavy atom. The number of hydrogen-bond acceptors (Lipinski definition) is 5. The van der Waals surface area contributed by atoms with Crippen LogP contribution in [0.15, 0.2) is 24.5 Å². The lowest BCUT2D eigenvalue weighted by Gasteiger charge is -2.29. The molecule has 2 aliphatic rings. The number of esters is 1. The number of fused-ring (bicyclic) bond motifs is 2. The monoisotopic (exact) mass is 285 g/mol. The van der Waals surface area contributed by atoms with E-state index in [0.29, 0.717) is 24.7 Å². The first-order chi connectivity index (χ1) is 10.2. The molecule has 0 radical (unpaired) electrons. The first-order valence-corrected chi connectivity index (χ1v) is 6.75. The third-order valence-corrected chi connectivity index (χ3v) is 3.91. The molecule has 0 unspecified atom stereocenters. The molecule has 0 bridgehead atoms. The van der Waals surface area contributed by atoms with E-state index in [9.17, 15) is 9.18 Å². The number of cyclic esters (lactones) is 1. The second-order valence-corrected chi connectivity index (χ2v) is 5.23. The molecule has 0 atom stereocenters. The van der Waals surface area contributed by atoms with Crippen molar-refractivity contribution in [2.24, 2.45) is 0 Å². The Morgan fingerprint density at radius 3 is 2.76 bits per heavy atom. The summed E-state index contributed by atoms with van der Waals surface area (Å²) in [4.78, 5) is 21.6. The molecule has 1 aromatic carbocycles. The molecule has 4 rings (SSSR count). The van der Waals surface area contributed by atoms with Crippen LogP contribution in [0.4, 0.5) is 10.3 Å². The Labute approximate surface area is 120 Å². The first-order valence-electron chi connectivity index (χ1n) is 6.75. The van der Waals surface area contributed by atoms with Gasteiger partial charge in [0.25, 0.3) is 0 Å². The maximum Gasteiger partial charge on any atom is 0.338 e. The molecule has 6 heteroatoms. The lowest BCUT2D eigenvalue weighted by atomic mass is 9.94. The molecular weight excluding hydrogens is 273 g/mol. The summed E-state index contributed by atoms with van der Waals surface area (Å²) in [7, 11) is 0. The zero-order valence-corrected chi connectivity index (χ0v) is 11.2. The number of carbonyl (C=O) groups excluding carboxylic acids is 1. The van der Waals surface area contributed by atoms with Crippen LogP contribution < -0.4 is 4.90 Å². The van der Waals surface area contributed by atoms with Crippen molar-refractivity contribution >= 4 is 11.9 Å². The lowest BCUT2D eigenvalue weighted by Crippen LogP contribution is -2.32. The summed E-state index contributed by atoms with van der Waals surface area (Å²) < 4.78 is 17.9. The molecule has 0 aliphatic carbocycles. The van der Waals surface area contributed by atoms with Gasteiger partial charge in [0.1, 0.15) is 6.61 Å². The van der Waals surface area contributed by atoms with Crippen LogP contribution in [-0.2, 0) is 24.3 Å². The van der Waals surface area contributed by atoms with Crippen molar-refractivity contribution in [1.82, 2.24) is 9.97 Å². The average molecular weight is 285 g/mol. The predicted octanol–water partition coefficient (Wildman–Crippen LogP) is 1.85. The van der Waals surface area contributed by atoms with E-state index < -0.39 is 5.82 Å². The normalized spacial score (nSPS) is 16.4. The molecule has 0 fully saturated rings. The minimum absolute atomic E-state index is 0.261. The molecule has 5 nitrogen and oxygen atoms in total. The molecule has 0 saturated carbocycles. The zero-order valence-electron chi connectivity index (χ0n) is 11.2. The number of anilines is 1. The third kappa shape index (κ3) is 2.03. The highest BCUT2D eigenvalue weighted by Gasteiger charge is 2.26. The minimum Gasteiger partial charge on any atom is -0.457 e. The number of halogens is 1. The summed E-state index contributed by atoms with van der Waals surface area (Å²) >= 11 is 0. The van der Waals surface area contributed by atoms with E-state index in [1.54, 1.807) is 0 Å². The SMILES string of the molecule is O=C1OCc2cc3c(cc21)CN(c1ncc(F)cn1)CC3. The molecule has 0 N–H and O–H groups in total. The average Bonchev–Trinajstić information content (AvgIpc) is 2.86. The van der Waals surface area contributed by atoms with Crippen LogP contribution in [0.1, 0.15) is 27.0 Å². The predicted molar refractivity (Wildman–Crippen MR) is 72.3 cm³/mol. The molecule has 1 aromatic heterocycles. The van der Waals surface area contributed by atoms with Gasteiger partial charge in [-0.2, -0.15) is 0 Å². The number of rotatable bonds is 1. The quantitative estimate of drug-likeness (QED) is 0.748. The van der Waals surface area contributed by atoms with Crippen molar-refractivity contribution in [1.29, 1.82) is 0 Å². The number of carbonyl (C=O) groups is 1. The lowest BCUT2D eigenvalue weighted by molar-refractivity contribution is 0.0535. The van der Waals surface area contributed by atoms with Crippen LogP contribution in [0.3, 0.4) is 0 Å². The molecule has 21 heavy (non-hydrogen) atoms. The summed E-state index contributed by atoms with van der Waals surface area (Å²) in [6.07, 6.45) is 3.17. The number of hydrogen-bond donors (Lipinski definition) is 0. The number of nitrogens with zero attached hydrogens (tertiary/aromatic N) is 3. The standard InChI is InChI=1S/C15H12FN3O2/c16-12-5-17-15(18-6-12)19-2-1-9-3-11-8-21-14(20)13(11)4-10(9)7-19/h3-6H,1-2,7-8H2. The van der Waals surface area contributed by atoms with Crippen LogP contribution in [0.2, 0.25) is 0 Å². The summed E-state index contributed by atoms with van der Waals surface area (Å²) in [5.41, 5.74) is 3.91. The van der Waals surface area contributed by atoms with E-state index in [-0.39, 0.29) is 5.97 Å². The van der Waals surface area contributed by atoms with Crippen LogP contribution in [0, 0.1) is 5.82 Å². The van der Waals surface area contributed by atoms with Crippen molar-refractivity contribution in [3.63, 3.8) is 0 Å². The minimum atomic E-state index is -0.447. The van der Waals surface area contributed by atoms with Crippen LogP contribution in [0.25, 0.3) is 0 Å². The van der Waals surface area contributed by atoms with Crippen molar-refractivity contribution in [2.45, 2.75) is 19.6 Å². The molecule has 0 saturated heterocycles. The van der Waals surface area contributed by atoms with E-state index in [2.05, 4.69) is 16.0 Å². The molecule has 0 spiro atoms. The van der Waals surface area contributed by atoms with Crippen molar-refractivity contribution in [3.05, 3.63) is 52.6 Å². The van der Waals surface area contributed by atoms with Crippen molar-refractivity contribution in [2.75, 3.05) is 11.4 Å². The van der Waals surface area contributed by atoms with Gasteiger partial charge in [0.05, 0.1) is 18.0 Å². The van der Waals surface area contributed by atoms with E-state index in [1.807, 2.05) is 11.0 Å². The van der Waals surface area contributed by atoms with Crippen LogP contribution >= 0.6 is 0 Å². The van der Waals surface area contributed by atoms with Gasteiger partial charge in [-0.1, -0.05) is 6.07 Å². The molecule has 2 aromatic rings. The van der Waals surface area contributed by atoms with Gasteiger partial charge in [0, 0.05) is 18.7 Å². The van der Waals surface area contributed by atoms with Crippen LogP contribution in [0.5, 0.6) is 0 Å². The molecule has 0 amide bonds. The van der Waals surface area contributed by atoms with E-state index in [4.69, 9.17) is 4.74 Å². The second-order valence-electron chi connectivity index (χ2n) is 5.23. The van der Waals surface area contributed by atoms with Gasteiger partial charge in [-0.3, -0.25) is 0 Å². The fraction of sp³-hybridized carbons (Fsp3) is 0.267. The number of ether oxygens (including phenoxy) is 1. The van der Waals surface area contributed by atoms with Crippen LogP contribution in [-0.4, -0.2) is 22.5 Å². The number of aromatic nitrogens is 2. The van der Waals surface area contributed by atoms with Gasteiger partial charge in [0.2, 0.25) is 5.95 Å². The Balaban J connectivity index is 1.67. The van der Waals surface area contributed by atoms with Crippen molar-refractivity contribution < 1.29 is 13.9 Å². The highest BCUT2D eigenvalue weighted by atomic mass is 19.1. The summed E-state index contributed by atoms with van der Waals surface area (Å²) in [6, 6.07) is 3.95. The maximum absolute atomic E-state index is 12.9. The fourth-order valence-corrected chi connectivity index (χ4v) is 2.83. The van der Waals surface area contributed by atoms with E-state index >= 15 is 0 Å². The Morgan fingerprint density at radius 1 is 1.14 bits per heavy atom. The molecule has 2 aliphatic heterocycles. The highest BCUT2D eigenvalue weighted by Crippen LogP contribution is 2.28. The second kappa shape index (κ2) is 4.51. The highest BCUT2D eigenvalue weighted by molar-refractivity contribution is 5.93. The summed E-state index contributed by atoms with van der Waals surface area (Å²) in [5, 5.41) is 0. The number of benzene rings is 1. The largest absolute Gasteiger partial charge is 0.457 e. The van der Waals surface area contributed by atoms with Gasteiger partial charge in [-0.15, -0.1) is 0 Å². The Hall–Kier alpha value is -2.50. The first kappa shape index (κ1) is 12.3. The van der Waals surface area contributed by atoms with Crippen molar-refractivity contribution in [3.8, 4) is 0 Å². The summed E-state index contributed by atoms with van der Waals surface area (Å²) in [6.45, 7) is 1.75. The van der Waals surface area contributed by atoms with Gasteiger partial charge in [0.15, 0.2) is 5.82 Å². The fourth-order valence-electron chi connectivity index (χ4n) is 2.83. The topological polar surface area (TPSA) is 55.3 Å². The molecular formula is C15H12FN3O2. The van der Waals surface area contributed by atoms with Gasteiger partial charge >= 0.3 is 5.97 Å². The third-order valence-electron chi connectivity index (χ3n) is 3.91. The maximum atomic E-state index is 12.9. The smallest absolute Gasteiger partial charge is 0.338 e. The molecule has 3 heterocycles. The zero-order chi connectivity index (χ0) is 14.4. The van der Waals surface area contributed by atoms with E-state index in [0.717, 1.165) is 36.5 Å².